The number of hydrogen-bond acceptors (Lipinski definition) is 4. The average Bonchev–Trinajstić information content (AvgIpc) is 3.10. The summed E-state index contributed by atoms with van der Waals surface area (Å²) in [6.45, 7) is 7.42. The Hall–Kier alpha value is -2.54. The van der Waals surface area contributed by atoms with Gasteiger partial charge in [-0.05, 0) is 69.9 Å². The maximum atomic E-state index is 12.7. The third-order valence-corrected chi connectivity index (χ3v) is 6.06. The lowest BCUT2D eigenvalue weighted by Gasteiger charge is -2.36. The van der Waals surface area contributed by atoms with Gasteiger partial charge in [-0.1, -0.05) is 40.2 Å². The molecule has 0 spiro atoms. The lowest BCUT2D eigenvalue weighted by Crippen LogP contribution is -2.48. The summed E-state index contributed by atoms with van der Waals surface area (Å²) in [5.41, 5.74) is 2.57. The van der Waals surface area contributed by atoms with E-state index in [-0.39, 0.29) is 12.1 Å². The Bertz CT molecular complexity index is 1070. The molecule has 0 aliphatic carbocycles. The smallest absolute Gasteiger partial charge is 0.410 e. The highest BCUT2D eigenvalue weighted by molar-refractivity contribution is 9.10. The molecule has 4 rings (SSSR count). The molecule has 1 atom stereocenters. The molecular weight excluding hydrogens is 470 g/mol. The number of fused-ring (bicyclic) bond motifs is 1. The minimum atomic E-state index is -0.515. The Morgan fingerprint density at radius 2 is 1.88 bits per heavy atom. The van der Waals surface area contributed by atoms with Gasteiger partial charge >= 0.3 is 6.09 Å². The van der Waals surface area contributed by atoms with Crippen molar-refractivity contribution in [2.24, 2.45) is 0 Å². The molecule has 1 saturated heterocycles. The van der Waals surface area contributed by atoms with Gasteiger partial charge in [-0.2, -0.15) is 4.98 Å². The minimum Gasteiger partial charge on any atom is -0.462 e. The van der Waals surface area contributed by atoms with Crippen LogP contribution in [0.1, 0.15) is 45.6 Å². The molecule has 2 heterocycles. The van der Waals surface area contributed by atoms with E-state index in [1.807, 2.05) is 56.0 Å². The van der Waals surface area contributed by atoms with Gasteiger partial charge in [0.25, 0.3) is 6.01 Å². The van der Waals surface area contributed by atoms with E-state index in [2.05, 4.69) is 38.7 Å². The lowest BCUT2D eigenvalue weighted by atomic mass is 10.0. The number of nitrogens with zero attached hydrogens (tertiary/aromatic N) is 3. The lowest BCUT2D eigenvalue weighted by molar-refractivity contribution is 0.00290. The van der Waals surface area contributed by atoms with Crippen molar-refractivity contribution < 1.29 is 14.3 Å². The number of amides is 1. The fourth-order valence-corrected chi connectivity index (χ4v) is 4.26. The molecule has 3 aromatic rings. The Balaban J connectivity index is 1.54. The van der Waals surface area contributed by atoms with Crippen LogP contribution in [0, 0.1) is 0 Å². The molecule has 7 heteroatoms. The molecular formula is C25H30BrN3O3. The number of halogens is 1. The van der Waals surface area contributed by atoms with E-state index in [1.165, 1.54) is 0 Å². The van der Waals surface area contributed by atoms with Crippen LogP contribution in [0.2, 0.25) is 0 Å². The molecule has 0 saturated carbocycles. The normalized spacial score (nSPS) is 16.9. The van der Waals surface area contributed by atoms with Crippen LogP contribution in [0.5, 0.6) is 6.01 Å². The Morgan fingerprint density at radius 3 is 2.62 bits per heavy atom. The van der Waals surface area contributed by atoms with Crippen molar-refractivity contribution in [3.63, 3.8) is 0 Å². The van der Waals surface area contributed by atoms with Crippen molar-refractivity contribution in [3.8, 4) is 6.01 Å². The molecule has 170 valence electrons. The topological polar surface area (TPSA) is 56.6 Å². The number of hydrogen-bond donors (Lipinski definition) is 0. The summed E-state index contributed by atoms with van der Waals surface area (Å²) >= 11 is 3.50. The van der Waals surface area contributed by atoms with Crippen LogP contribution in [0.3, 0.4) is 0 Å². The van der Waals surface area contributed by atoms with Crippen molar-refractivity contribution in [1.82, 2.24) is 14.5 Å². The fourth-order valence-electron chi connectivity index (χ4n) is 3.99. The highest BCUT2D eigenvalue weighted by Crippen LogP contribution is 2.26. The maximum Gasteiger partial charge on any atom is 0.410 e. The summed E-state index contributed by atoms with van der Waals surface area (Å²) in [7, 11) is 0. The van der Waals surface area contributed by atoms with Gasteiger partial charge in [0.2, 0.25) is 0 Å². The van der Waals surface area contributed by atoms with E-state index in [0.717, 1.165) is 40.3 Å². The van der Waals surface area contributed by atoms with Crippen LogP contribution in [-0.4, -0.2) is 45.3 Å². The van der Waals surface area contributed by atoms with Crippen molar-refractivity contribution in [3.05, 3.63) is 58.6 Å². The molecule has 0 unspecified atom stereocenters. The van der Waals surface area contributed by atoms with Gasteiger partial charge in [0, 0.05) is 11.0 Å². The summed E-state index contributed by atoms with van der Waals surface area (Å²) in [5, 5.41) is 0. The van der Waals surface area contributed by atoms with Crippen LogP contribution in [-0.2, 0) is 11.3 Å². The molecule has 32 heavy (non-hydrogen) atoms. The Labute approximate surface area is 197 Å². The highest BCUT2D eigenvalue weighted by Gasteiger charge is 2.31. The van der Waals surface area contributed by atoms with E-state index in [9.17, 15) is 4.79 Å². The molecule has 1 fully saturated rings. The number of aromatic nitrogens is 2. The number of benzene rings is 2. The van der Waals surface area contributed by atoms with Gasteiger partial charge in [0.05, 0.1) is 23.6 Å². The quantitative estimate of drug-likeness (QED) is 0.430. The summed E-state index contributed by atoms with van der Waals surface area (Å²) in [6.07, 6.45) is 2.68. The van der Waals surface area contributed by atoms with E-state index in [1.54, 1.807) is 0 Å². The number of imidazole rings is 1. The third kappa shape index (κ3) is 5.44. The number of carbonyl (C=O) groups is 1. The number of likely N-dealkylation sites (tertiary alicyclic amines) is 1. The van der Waals surface area contributed by atoms with Gasteiger partial charge in [-0.25, -0.2) is 4.79 Å². The van der Waals surface area contributed by atoms with Crippen LogP contribution in [0.25, 0.3) is 11.0 Å². The molecule has 1 aliphatic rings. The first-order valence-electron chi connectivity index (χ1n) is 11.1. The third-order valence-electron chi connectivity index (χ3n) is 5.53. The Kier molecular flexibility index (Phi) is 6.74. The molecule has 6 nitrogen and oxygen atoms in total. The van der Waals surface area contributed by atoms with E-state index in [4.69, 9.17) is 14.5 Å². The zero-order valence-electron chi connectivity index (χ0n) is 18.9. The van der Waals surface area contributed by atoms with Crippen LogP contribution >= 0.6 is 15.9 Å². The number of para-hydroxylation sites is 2. The molecule has 0 radical (unpaired) electrons. The second-order valence-corrected chi connectivity index (χ2v) is 10.1. The minimum absolute atomic E-state index is 0.0282. The zero-order valence-corrected chi connectivity index (χ0v) is 20.5. The molecule has 0 N–H and O–H groups in total. The summed E-state index contributed by atoms with van der Waals surface area (Å²) in [5.74, 6) is 0. The van der Waals surface area contributed by atoms with Crippen LogP contribution in [0.15, 0.2) is 53.0 Å². The number of ether oxygens (including phenoxy) is 2. The molecule has 1 aliphatic heterocycles. The van der Waals surface area contributed by atoms with Gasteiger partial charge in [-0.3, -0.25) is 4.57 Å². The van der Waals surface area contributed by atoms with Gasteiger partial charge in [0.15, 0.2) is 0 Å². The van der Waals surface area contributed by atoms with E-state index in [0.29, 0.717) is 25.7 Å². The maximum absolute atomic E-state index is 12.7. The number of carbonyl (C=O) groups excluding carboxylic acids is 1. The van der Waals surface area contributed by atoms with Gasteiger partial charge in [0.1, 0.15) is 12.2 Å². The van der Waals surface area contributed by atoms with Crippen molar-refractivity contribution in [1.29, 1.82) is 0 Å². The monoisotopic (exact) mass is 499 g/mol. The molecule has 1 aromatic heterocycles. The zero-order chi connectivity index (χ0) is 22.7. The summed E-state index contributed by atoms with van der Waals surface area (Å²) in [6, 6.07) is 16.8. The Morgan fingerprint density at radius 1 is 1.12 bits per heavy atom. The van der Waals surface area contributed by atoms with Crippen molar-refractivity contribution in [2.45, 2.75) is 58.2 Å². The second-order valence-electron chi connectivity index (χ2n) is 9.23. The fraction of sp³-hybridized carbons (Fsp3) is 0.440. The molecule has 1 amide bonds. The first kappa shape index (κ1) is 22.6. The first-order valence-corrected chi connectivity index (χ1v) is 11.9. The van der Waals surface area contributed by atoms with Crippen molar-refractivity contribution in [2.75, 3.05) is 13.2 Å². The summed E-state index contributed by atoms with van der Waals surface area (Å²) < 4.78 is 15.0. The average molecular weight is 500 g/mol. The second kappa shape index (κ2) is 9.53. The predicted octanol–water partition coefficient (Wildman–Crippen LogP) is 6.02. The van der Waals surface area contributed by atoms with Crippen LogP contribution < -0.4 is 4.74 Å². The first-order chi connectivity index (χ1) is 15.3. The molecule has 2 aromatic carbocycles. The standard InChI is InChI=1S/C25H30BrN3O3/c1-25(2,3)32-24(30)28-15-7-6-8-20(28)17-31-23-27-21-9-4-5-10-22(21)29(23)16-18-11-13-19(26)14-12-18/h4-5,9-14,20H,6-8,15-17H2,1-3H3/t20-/m0/s1. The number of rotatable bonds is 5. The summed E-state index contributed by atoms with van der Waals surface area (Å²) in [4.78, 5) is 19.3. The molecule has 0 bridgehead atoms. The highest BCUT2D eigenvalue weighted by atomic mass is 79.9. The van der Waals surface area contributed by atoms with E-state index >= 15 is 0 Å². The number of piperidine rings is 1. The predicted molar refractivity (Wildman–Crippen MR) is 129 cm³/mol. The van der Waals surface area contributed by atoms with Crippen molar-refractivity contribution >= 4 is 33.1 Å². The van der Waals surface area contributed by atoms with Gasteiger partial charge < -0.3 is 14.4 Å². The van der Waals surface area contributed by atoms with Gasteiger partial charge in [-0.15, -0.1) is 0 Å². The largest absolute Gasteiger partial charge is 0.462 e. The van der Waals surface area contributed by atoms with Crippen LogP contribution in [0.4, 0.5) is 4.79 Å². The van der Waals surface area contributed by atoms with E-state index < -0.39 is 5.60 Å². The SMILES string of the molecule is CC(C)(C)OC(=O)N1CCCC[C@H]1COc1nc2ccccc2n1Cc1ccc(Br)cc1.